The first-order valence-electron chi connectivity index (χ1n) is 11.0. The second-order valence-electron chi connectivity index (χ2n) is 7.28. The van der Waals surface area contributed by atoms with Crippen molar-refractivity contribution in [2.75, 3.05) is 0 Å². The number of carboxylic acids is 1. The van der Waals surface area contributed by atoms with Crippen LogP contribution in [0.1, 0.15) is 94.3 Å². The maximum absolute atomic E-state index is 11.8. The van der Waals surface area contributed by atoms with Crippen molar-refractivity contribution in [3.8, 4) is 5.75 Å². The fraction of sp³-hybridized carbons (Fsp3) is 0.520. The van der Waals surface area contributed by atoms with Crippen molar-refractivity contribution in [2.45, 2.75) is 84.0 Å². The lowest BCUT2D eigenvalue weighted by Gasteiger charge is -2.04. The van der Waals surface area contributed by atoms with Gasteiger partial charge in [-0.3, -0.25) is 4.79 Å². The standard InChI is InChI=1S/C25H36O4/c1-2-3-4-5-6-7-8-9-10-11-12-13-14-15-16-17-24(26)29-23-20-18-22(19-21-23)25(27)28/h6-7,9-10,18-21H,2-5,8,11-17H2,1H3,(H,27,28). The van der Waals surface area contributed by atoms with Gasteiger partial charge in [-0.25, -0.2) is 4.79 Å². The van der Waals surface area contributed by atoms with E-state index in [1.165, 1.54) is 62.8 Å². The summed E-state index contributed by atoms with van der Waals surface area (Å²) in [5, 5.41) is 8.85. The van der Waals surface area contributed by atoms with Gasteiger partial charge in [-0.1, -0.05) is 63.3 Å². The molecule has 1 N–H and O–H groups in total. The third-order valence-corrected chi connectivity index (χ3v) is 4.66. The first-order valence-corrected chi connectivity index (χ1v) is 11.0. The molecule has 1 aromatic rings. The average molecular weight is 401 g/mol. The van der Waals surface area contributed by atoms with E-state index in [-0.39, 0.29) is 11.5 Å². The van der Waals surface area contributed by atoms with E-state index in [1.54, 1.807) is 0 Å². The third kappa shape index (κ3) is 13.4. The molecule has 0 spiro atoms. The van der Waals surface area contributed by atoms with E-state index in [9.17, 15) is 9.59 Å². The van der Waals surface area contributed by atoms with Crippen molar-refractivity contribution in [2.24, 2.45) is 0 Å². The van der Waals surface area contributed by atoms with E-state index in [4.69, 9.17) is 9.84 Å². The number of carboxylic acid groups (broad SMARTS) is 1. The van der Waals surface area contributed by atoms with Crippen LogP contribution in [0.4, 0.5) is 0 Å². The van der Waals surface area contributed by atoms with Gasteiger partial charge in [-0.05, 0) is 62.8 Å². The molecule has 4 heteroatoms. The Balaban J connectivity index is 1.96. The predicted molar refractivity (Wildman–Crippen MR) is 118 cm³/mol. The highest BCUT2D eigenvalue weighted by molar-refractivity contribution is 5.87. The number of benzene rings is 1. The van der Waals surface area contributed by atoms with E-state index in [2.05, 4.69) is 31.2 Å². The highest BCUT2D eigenvalue weighted by atomic mass is 16.5. The van der Waals surface area contributed by atoms with Crippen LogP contribution < -0.4 is 4.74 Å². The molecule has 4 nitrogen and oxygen atoms in total. The molecule has 0 saturated heterocycles. The van der Waals surface area contributed by atoms with Crippen molar-refractivity contribution >= 4 is 11.9 Å². The Hall–Kier alpha value is -2.36. The van der Waals surface area contributed by atoms with E-state index < -0.39 is 5.97 Å². The summed E-state index contributed by atoms with van der Waals surface area (Å²) < 4.78 is 5.22. The number of carbonyl (C=O) groups is 2. The summed E-state index contributed by atoms with van der Waals surface area (Å²) in [6.45, 7) is 2.23. The van der Waals surface area contributed by atoms with Gasteiger partial charge in [0.25, 0.3) is 0 Å². The number of aromatic carboxylic acids is 1. The van der Waals surface area contributed by atoms with Crippen LogP contribution in [0, 0.1) is 0 Å². The fourth-order valence-corrected chi connectivity index (χ4v) is 2.93. The van der Waals surface area contributed by atoms with Gasteiger partial charge in [0.05, 0.1) is 5.56 Å². The molecule has 0 aliphatic heterocycles. The summed E-state index contributed by atoms with van der Waals surface area (Å²) in [6, 6.07) is 5.89. The second-order valence-corrected chi connectivity index (χ2v) is 7.28. The highest BCUT2D eigenvalue weighted by Crippen LogP contribution is 2.14. The second kappa shape index (κ2) is 16.6. The fourth-order valence-electron chi connectivity index (χ4n) is 2.93. The molecule has 0 atom stereocenters. The molecule has 0 aliphatic rings. The van der Waals surface area contributed by atoms with E-state index in [0.29, 0.717) is 12.2 Å². The number of ether oxygens (including phenoxy) is 1. The summed E-state index contributed by atoms with van der Waals surface area (Å²) in [6.07, 6.45) is 22.1. The molecule has 1 aromatic carbocycles. The topological polar surface area (TPSA) is 63.6 Å². The minimum Gasteiger partial charge on any atom is -0.478 e. The lowest BCUT2D eigenvalue weighted by atomic mass is 10.1. The molecule has 0 radical (unpaired) electrons. The number of hydrogen-bond donors (Lipinski definition) is 1. The van der Waals surface area contributed by atoms with Crippen molar-refractivity contribution in [1.29, 1.82) is 0 Å². The molecular formula is C25H36O4. The Kier molecular flexibility index (Phi) is 14.1. The van der Waals surface area contributed by atoms with Crippen LogP contribution in [-0.4, -0.2) is 17.0 Å². The maximum atomic E-state index is 11.8. The average Bonchev–Trinajstić information content (AvgIpc) is 2.71. The van der Waals surface area contributed by atoms with Crippen LogP contribution >= 0.6 is 0 Å². The highest BCUT2D eigenvalue weighted by Gasteiger charge is 2.06. The quantitative estimate of drug-likeness (QED) is 0.139. The van der Waals surface area contributed by atoms with Crippen LogP contribution in [0.3, 0.4) is 0 Å². The molecule has 0 saturated carbocycles. The summed E-state index contributed by atoms with van der Waals surface area (Å²) in [5.74, 6) is -0.866. The van der Waals surface area contributed by atoms with Crippen molar-refractivity contribution < 1.29 is 19.4 Å². The van der Waals surface area contributed by atoms with Gasteiger partial charge in [-0.2, -0.15) is 0 Å². The summed E-state index contributed by atoms with van der Waals surface area (Å²) in [7, 11) is 0. The number of carbonyl (C=O) groups excluding carboxylic acids is 1. The molecule has 0 aromatic heterocycles. The minimum atomic E-state index is -0.993. The third-order valence-electron chi connectivity index (χ3n) is 4.66. The minimum absolute atomic E-state index is 0.179. The molecule has 0 unspecified atom stereocenters. The molecule has 29 heavy (non-hydrogen) atoms. The van der Waals surface area contributed by atoms with Gasteiger partial charge in [0.15, 0.2) is 0 Å². The van der Waals surface area contributed by atoms with Crippen molar-refractivity contribution in [3.63, 3.8) is 0 Å². The van der Waals surface area contributed by atoms with Crippen molar-refractivity contribution in [1.82, 2.24) is 0 Å². The molecule has 0 aliphatic carbocycles. The van der Waals surface area contributed by atoms with Crippen LogP contribution in [-0.2, 0) is 4.79 Å². The van der Waals surface area contributed by atoms with E-state index in [1.807, 2.05) is 0 Å². The number of rotatable bonds is 16. The van der Waals surface area contributed by atoms with Crippen LogP contribution in [0.5, 0.6) is 5.75 Å². The number of esters is 1. The predicted octanol–water partition coefficient (Wildman–Crippen LogP) is 7.10. The molecule has 0 heterocycles. The molecule has 0 bridgehead atoms. The Morgan fingerprint density at radius 3 is 2.03 bits per heavy atom. The van der Waals surface area contributed by atoms with Gasteiger partial charge in [0.1, 0.15) is 5.75 Å². The molecule has 1 rings (SSSR count). The van der Waals surface area contributed by atoms with Gasteiger partial charge in [0, 0.05) is 6.42 Å². The molecule has 0 amide bonds. The first-order chi connectivity index (χ1) is 14.1. The van der Waals surface area contributed by atoms with E-state index in [0.717, 1.165) is 32.1 Å². The van der Waals surface area contributed by atoms with Crippen LogP contribution in [0.25, 0.3) is 0 Å². The Labute approximate surface area is 175 Å². The number of allylic oxidation sites excluding steroid dienone is 4. The van der Waals surface area contributed by atoms with Crippen molar-refractivity contribution in [3.05, 3.63) is 54.1 Å². The smallest absolute Gasteiger partial charge is 0.335 e. The Bertz CT molecular complexity index is 629. The zero-order valence-electron chi connectivity index (χ0n) is 17.8. The van der Waals surface area contributed by atoms with Crippen LogP contribution in [0.15, 0.2) is 48.6 Å². The number of hydrogen-bond acceptors (Lipinski definition) is 3. The number of unbranched alkanes of at least 4 members (excludes halogenated alkanes) is 8. The van der Waals surface area contributed by atoms with Crippen LogP contribution in [0.2, 0.25) is 0 Å². The first kappa shape index (κ1) is 24.7. The largest absolute Gasteiger partial charge is 0.478 e. The lowest BCUT2D eigenvalue weighted by Crippen LogP contribution is -2.07. The Morgan fingerprint density at radius 1 is 0.828 bits per heavy atom. The summed E-state index contributed by atoms with van der Waals surface area (Å²) in [4.78, 5) is 22.6. The summed E-state index contributed by atoms with van der Waals surface area (Å²) >= 11 is 0. The van der Waals surface area contributed by atoms with Gasteiger partial charge in [-0.15, -0.1) is 0 Å². The molecular weight excluding hydrogens is 364 g/mol. The van der Waals surface area contributed by atoms with Gasteiger partial charge >= 0.3 is 11.9 Å². The van der Waals surface area contributed by atoms with E-state index >= 15 is 0 Å². The zero-order chi connectivity index (χ0) is 21.2. The SMILES string of the molecule is CCCCCC=CCC=CCCCCCCCC(=O)Oc1ccc(C(=O)O)cc1. The zero-order valence-corrected chi connectivity index (χ0v) is 17.8. The summed E-state index contributed by atoms with van der Waals surface area (Å²) in [5.41, 5.74) is 0.179. The maximum Gasteiger partial charge on any atom is 0.335 e. The monoisotopic (exact) mass is 400 g/mol. The van der Waals surface area contributed by atoms with Gasteiger partial charge in [0.2, 0.25) is 0 Å². The van der Waals surface area contributed by atoms with Gasteiger partial charge < -0.3 is 9.84 Å². The molecule has 0 fully saturated rings. The molecule has 160 valence electrons. The normalized spacial score (nSPS) is 11.3. The Morgan fingerprint density at radius 2 is 1.41 bits per heavy atom. The lowest BCUT2D eigenvalue weighted by molar-refractivity contribution is -0.134.